The van der Waals surface area contributed by atoms with Crippen LogP contribution in [0.2, 0.25) is 0 Å². The van der Waals surface area contributed by atoms with E-state index in [-0.39, 0.29) is 0 Å². The van der Waals surface area contributed by atoms with Gasteiger partial charge in [-0.2, -0.15) is 0 Å². The number of hydrogen-bond donors (Lipinski definition) is 0. The highest BCUT2D eigenvalue weighted by molar-refractivity contribution is 5.16. The van der Waals surface area contributed by atoms with Gasteiger partial charge in [-0.3, -0.25) is 4.90 Å². The molecule has 0 spiro atoms. The fourth-order valence-electron chi connectivity index (χ4n) is 3.39. The number of hydrogen-bond acceptors (Lipinski definition) is 1. The van der Waals surface area contributed by atoms with Crippen molar-refractivity contribution < 1.29 is 0 Å². The van der Waals surface area contributed by atoms with Crippen molar-refractivity contribution in [3.05, 3.63) is 71.8 Å². The van der Waals surface area contributed by atoms with Gasteiger partial charge in [-0.05, 0) is 43.4 Å². The summed E-state index contributed by atoms with van der Waals surface area (Å²) in [5.74, 6) is 0. The van der Waals surface area contributed by atoms with E-state index in [2.05, 4.69) is 65.6 Å². The first kappa shape index (κ1) is 14.3. The van der Waals surface area contributed by atoms with Crippen LogP contribution < -0.4 is 0 Å². The van der Waals surface area contributed by atoms with E-state index in [1.165, 1.54) is 49.8 Å². The van der Waals surface area contributed by atoms with Crippen LogP contribution in [0.25, 0.3) is 0 Å². The van der Waals surface area contributed by atoms with Crippen molar-refractivity contribution >= 4 is 0 Å². The predicted molar refractivity (Wildman–Crippen MR) is 89.3 cm³/mol. The van der Waals surface area contributed by atoms with E-state index in [1.54, 1.807) is 0 Å². The quantitative estimate of drug-likeness (QED) is 0.768. The molecule has 1 atom stereocenters. The SMILES string of the molecule is c1ccc(CCC2CCCCN2Cc2ccccc2)cc1. The topological polar surface area (TPSA) is 3.24 Å². The third-order valence-corrected chi connectivity index (χ3v) is 4.59. The third kappa shape index (κ3) is 4.18. The summed E-state index contributed by atoms with van der Waals surface area (Å²) in [6, 6.07) is 22.6. The highest BCUT2D eigenvalue weighted by Crippen LogP contribution is 2.23. The minimum Gasteiger partial charge on any atom is -0.296 e. The van der Waals surface area contributed by atoms with E-state index in [9.17, 15) is 0 Å². The van der Waals surface area contributed by atoms with Crippen LogP contribution >= 0.6 is 0 Å². The van der Waals surface area contributed by atoms with Crippen LogP contribution in [0.5, 0.6) is 0 Å². The van der Waals surface area contributed by atoms with Crippen molar-refractivity contribution in [1.82, 2.24) is 4.90 Å². The standard InChI is InChI=1S/C20H25N/c1-3-9-18(10-4-1)14-15-20-13-7-8-16-21(20)17-19-11-5-2-6-12-19/h1-6,9-12,20H,7-8,13-17H2. The number of aryl methyl sites for hydroxylation is 1. The van der Waals surface area contributed by atoms with E-state index in [0.717, 1.165) is 12.6 Å². The van der Waals surface area contributed by atoms with E-state index in [1.807, 2.05) is 0 Å². The average Bonchev–Trinajstić information content (AvgIpc) is 2.56. The Balaban J connectivity index is 1.59. The summed E-state index contributed by atoms with van der Waals surface area (Å²) in [5.41, 5.74) is 2.92. The first-order chi connectivity index (χ1) is 10.4. The van der Waals surface area contributed by atoms with Crippen molar-refractivity contribution in [3.63, 3.8) is 0 Å². The molecule has 1 unspecified atom stereocenters. The van der Waals surface area contributed by atoms with E-state index in [4.69, 9.17) is 0 Å². The molecule has 1 saturated heterocycles. The monoisotopic (exact) mass is 279 g/mol. The lowest BCUT2D eigenvalue weighted by Gasteiger charge is -2.36. The van der Waals surface area contributed by atoms with E-state index < -0.39 is 0 Å². The maximum absolute atomic E-state index is 2.70. The summed E-state index contributed by atoms with van der Waals surface area (Å²) < 4.78 is 0. The van der Waals surface area contributed by atoms with Gasteiger partial charge in [0.25, 0.3) is 0 Å². The molecule has 0 radical (unpaired) electrons. The minimum absolute atomic E-state index is 0.749. The predicted octanol–water partition coefficient (Wildman–Crippen LogP) is 4.67. The summed E-state index contributed by atoms with van der Waals surface area (Å²) in [6.45, 7) is 2.37. The Morgan fingerprint density at radius 3 is 2.19 bits per heavy atom. The van der Waals surface area contributed by atoms with E-state index in [0.29, 0.717) is 0 Å². The largest absolute Gasteiger partial charge is 0.296 e. The molecular formula is C20H25N. The molecule has 0 amide bonds. The highest BCUT2D eigenvalue weighted by Gasteiger charge is 2.21. The molecule has 2 aromatic carbocycles. The fraction of sp³-hybridized carbons (Fsp3) is 0.400. The number of piperidine rings is 1. The molecule has 3 rings (SSSR count). The molecule has 0 aliphatic carbocycles. The molecule has 1 heteroatoms. The minimum atomic E-state index is 0.749. The Labute approximate surface area is 128 Å². The van der Waals surface area contributed by atoms with Gasteiger partial charge in [-0.15, -0.1) is 0 Å². The number of benzene rings is 2. The summed E-state index contributed by atoms with van der Waals surface area (Å²) >= 11 is 0. The van der Waals surface area contributed by atoms with Crippen molar-refractivity contribution in [3.8, 4) is 0 Å². The van der Waals surface area contributed by atoms with Crippen LogP contribution in [0.3, 0.4) is 0 Å². The van der Waals surface area contributed by atoms with Crippen LogP contribution in [0, 0.1) is 0 Å². The van der Waals surface area contributed by atoms with Crippen molar-refractivity contribution in [2.45, 2.75) is 44.7 Å². The first-order valence-corrected chi connectivity index (χ1v) is 8.24. The lowest BCUT2D eigenvalue weighted by Crippen LogP contribution is -2.39. The second-order valence-corrected chi connectivity index (χ2v) is 6.13. The molecule has 110 valence electrons. The Kier molecular flexibility index (Phi) is 5.07. The molecule has 1 fully saturated rings. The number of nitrogens with zero attached hydrogens (tertiary/aromatic N) is 1. The summed E-state index contributed by atoms with van der Waals surface area (Å²) in [7, 11) is 0. The molecule has 1 nitrogen and oxygen atoms in total. The normalized spacial score (nSPS) is 19.5. The molecule has 0 aromatic heterocycles. The molecule has 21 heavy (non-hydrogen) atoms. The maximum atomic E-state index is 2.70. The van der Waals surface area contributed by atoms with Gasteiger partial charge < -0.3 is 0 Å². The summed E-state index contributed by atoms with van der Waals surface area (Å²) in [4.78, 5) is 2.70. The molecule has 1 aliphatic rings. The Hall–Kier alpha value is -1.60. The first-order valence-electron chi connectivity index (χ1n) is 8.24. The molecule has 1 aliphatic heterocycles. The zero-order valence-electron chi connectivity index (χ0n) is 12.7. The van der Waals surface area contributed by atoms with Gasteiger partial charge in [-0.25, -0.2) is 0 Å². The van der Waals surface area contributed by atoms with Gasteiger partial charge in [0.1, 0.15) is 0 Å². The lowest BCUT2D eigenvalue weighted by molar-refractivity contribution is 0.132. The highest BCUT2D eigenvalue weighted by atomic mass is 15.2. The average molecular weight is 279 g/mol. The van der Waals surface area contributed by atoms with Crippen LogP contribution in [-0.2, 0) is 13.0 Å². The summed E-state index contributed by atoms with van der Waals surface area (Å²) in [6.07, 6.45) is 6.60. The zero-order valence-corrected chi connectivity index (χ0v) is 12.7. The molecule has 0 N–H and O–H groups in total. The molecular weight excluding hydrogens is 254 g/mol. The smallest absolute Gasteiger partial charge is 0.0236 e. The maximum Gasteiger partial charge on any atom is 0.0236 e. The fourth-order valence-corrected chi connectivity index (χ4v) is 3.39. The van der Waals surface area contributed by atoms with Gasteiger partial charge in [0.05, 0.1) is 0 Å². The van der Waals surface area contributed by atoms with Crippen LogP contribution in [-0.4, -0.2) is 17.5 Å². The van der Waals surface area contributed by atoms with Crippen molar-refractivity contribution in [2.75, 3.05) is 6.54 Å². The van der Waals surface area contributed by atoms with Crippen LogP contribution in [0.1, 0.15) is 36.8 Å². The van der Waals surface area contributed by atoms with E-state index >= 15 is 0 Å². The van der Waals surface area contributed by atoms with Gasteiger partial charge in [0.2, 0.25) is 0 Å². The summed E-state index contributed by atoms with van der Waals surface area (Å²) in [5, 5.41) is 0. The van der Waals surface area contributed by atoms with Gasteiger partial charge in [-0.1, -0.05) is 67.1 Å². The van der Waals surface area contributed by atoms with Crippen LogP contribution in [0.15, 0.2) is 60.7 Å². The number of likely N-dealkylation sites (tertiary alicyclic amines) is 1. The van der Waals surface area contributed by atoms with Gasteiger partial charge in [0.15, 0.2) is 0 Å². The number of rotatable bonds is 5. The second kappa shape index (κ2) is 7.42. The molecule has 2 aromatic rings. The second-order valence-electron chi connectivity index (χ2n) is 6.13. The molecule has 0 saturated carbocycles. The zero-order chi connectivity index (χ0) is 14.3. The Morgan fingerprint density at radius 1 is 0.810 bits per heavy atom. The van der Waals surface area contributed by atoms with Gasteiger partial charge >= 0.3 is 0 Å². The molecule has 1 heterocycles. The third-order valence-electron chi connectivity index (χ3n) is 4.59. The van der Waals surface area contributed by atoms with Gasteiger partial charge in [0, 0.05) is 12.6 Å². The van der Waals surface area contributed by atoms with Crippen LogP contribution in [0.4, 0.5) is 0 Å². The Morgan fingerprint density at radius 2 is 1.48 bits per heavy atom. The van der Waals surface area contributed by atoms with Crippen molar-refractivity contribution in [2.24, 2.45) is 0 Å². The molecule has 0 bridgehead atoms. The Bertz CT molecular complexity index is 520. The lowest BCUT2D eigenvalue weighted by atomic mass is 9.95. The van der Waals surface area contributed by atoms with Crippen molar-refractivity contribution in [1.29, 1.82) is 0 Å².